The molecule has 0 fully saturated rings. The van der Waals surface area contributed by atoms with Gasteiger partial charge in [0.05, 0.1) is 15.6 Å². The van der Waals surface area contributed by atoms with Gasteiger partial charge in [0.1, 0.15) is 6.54 Å². The van der Waals surface area contributed by atoms with E-state index in [4.69, 9.17) is 23.2 Å². The molecular formula is C21H15Cl2N3O2S. The van der Waals surface area contributed by atoms with E-state index in [1.165, 1.54) is 17.4 Å². The van der Waals surface area contributed by atoms with E-state index < -0.39 is 0 Å². The predicted molar refractivity (Wildman–Crippen MR) is 118 cm³/mol. The molecular weight excluding hydrogens is 429 g/mol. The summed E-state index contributed by atoms with van der Waals surface area (Å²) in [7, 11) is 0. The summed E-state index contributed by atoms with van der Waals surface area (Å²) in [6, 6.07) is 14.2. The first-order valence-electron chi connectivity index (χ1n) is 8.77. The lowest BCUT2D eigenvalue weighted by molar-refractivity contribution is -0.116. The third-order valence-electron chi connectivity index (χ3n) is 4.39. The molecule has 0 aliphatic carbocycles. The van der Waals surface area contributed by atoms with E-state index in [0.29, 0.717) is 32.5 Å². The van der Waals surface area contributed by atoms with Crippen LogP contribution in [0.1, 0.15) is 10.4 Å². The summed E-state index contributed by atoms with van der Waals surface area (Å²) < 4.78 is 1.74. The number of carbonyl (C=O) groups excluding carboxylic acids is 1. The van der Waals surface area contributed by atoms with Crippen LogP contribution in [0.15, 0.2) is 65.7 Å². The number of thiazole rings is 1. The molecule has 4 rings (SSSR count). The maximum absolute atomic E-state index is 12.5. The van der Waals surface area contributed by atoms with Crippen LogP contribution in [0.25, 0.3) is 10.9 Å². The molecule has 1 amide bonds. The van der Waals surface area contributed by atoms with Crippen molar-refractivity contribution in [3.05, 3.63) is 91.6 Å². The van der Waals surface area contributed by atoms with Crippen LogP contribution in [0.5, 0.6) is 0 Å². The highest BCUT2D eigenvalue weighted by atomic mass is 35.5. The second kappa shape index (κ2) is 8.37. The van der Waals surface area contributed by atoms with Gasteiger partial charge in [-0.1, -0.05) is 47.5 Å². The Balaban J connectivity index is 1.47. The quantitative estimate of drug-likeness (QED) is 0.472. The molecule has 0 atom stereocenters. The van der Waals surface area contributed by atoms with Crippen LogP contribution >= 0.6 is 34.5 Å². The third kappa shape index (κ3) is 4.34. The van der Waals surface area contributed by atoms with Crippen LogP contribution in [-0.4, -0.2) is 15.5 Å². The molecule has 2 aromatic heterocycles. The van der Waals surface area contributed by atoms with Gasteiger partial charge in [-0.2, -0.15) is 0 Å². The molecule has 0 aliphatic heterocycles. The van der Waals surface area contributed by atoms with Crippen LogP contribution in [0.3, 0.4) is 0 Å². The fraction of sp³-hybridized carbons (Fsp3) is 0.0952. The lowest BCUT2D eigenvalue weighted by Gasteiger charge is -2.09. The second-order valence-corrected chi connectivity index (χ2v) is 8.30. The zero-order valence-corrected chi connectivity index (χ0v) is 17.4. The van der Waals surface area contributed by atoms with Crippen molar-refractivity contribution in [2.45, 2.75) is 13.0 Å². The van der Waals surface area contributed by atoms with E-state index in [1.807, 2.05) is 24.3 Å². The van der Waals surface area contributed by atoms with Gasteiger partial charge in [0, 0.05) is 35.1 Å². The molecule has 146 valence electrons. The lowest BCUT2D eigenvalue weighted by atomic mass is 10.1. The minimum absolute atomic E-state index is 0.0681. The molecule has 0 spiro atoms. The molecule has 2 aromatic carbocycles. The Morgan fingerprint density at radius 2 is 1.93 bits per heavy atom. The van der Waals surface area contributed by atoms with E-state index in [9.17, 15) is 9.59 Å². The van der Waals surface area contributed by atoms with E-state index in [1.54, 1.807) is 35.2 Å². The third-order valence-corrected chi connectivity index (χ3v) is 6.17. The van der Waals surface area contributed by atoms with Crippen molar-refractivity contribution in [2.24, 2.45) is 0 Å². The highest BCUT2D eigenvalue weighted by Gasteiger charge is 2.11. The standard InChI is InChI=1S/C21H15Cl2N3O2S/c22-16-6-3-4-13(20(16)23)10-14-11-24-21(29-14)25-19(28)12-26-9-8-18(27)15-5-1-2-7-17(15)26/h1-9,11H,10,12H2,(H,24,25,28). The zero-order valence-electron chi connectivity index (χ0n) is 15.1. The summed E-state index contributed by atoms with van der Waals surface area (Å²) in [5.41, 5.74) is 1.55. The molecule has 0 radical (unpaired) electrons. The SMILES string of the molecule is O=C(Cn1ccc(=O)c2ccccc21)Nc1ncc(Cc2cccc(Cl)c2Cl)s1. The zero-order chi connectivity index (χ0) is 20.4. The highest BCUT2D eigenvalue weighted by Crippen LogP contribution is 2.29. The minimum atomic E-state index is -0.222. The molecule has 0 saturated heterocycles. The molecule has 0 bridgehead atoms. The number of pyridine rings is 1. The van der Waals surface area contributed by atoms with Crippen LogP contribution in [-0.2, 0) is 17.8 Å². The Hall–Kier alpha value is -2.67. The topological polar surface area (TPSA) is 64.0 Å². The van der Waals surface area contributed by atoms with Gasteiger partial charge in [-0.3, -0.25) is 9.59 Å². The molecule has 1 N–H and O–H groups in total. The number of hydrogen-bond donors (Lipinski definition) is 1. The van der Waals surface area contributed by atoms with Gasteiger partial charge < -0.3 is 9.88 Å². The molecule has 0 aliphatic rings. The first-order chi connectivity index (χ1) is 14.0. The molecule has 5 nitrogen and oxygen atoms in total. The molecule has 2 heterocycles. The van der Waals surface area contributed by atoms with Crippen molar-refractivity contribution in [2.75, 3.05) is 5.32 Å². The Morgan fingerprint density at radius 3 is 2.79 bits per heavy atom. The van der Waals surface area contributed by atoms with E-state index in [-0.39, 0.29) is 17.9 Å². The van der Waals surface area contributed by atoms with Crippen LogP contribution in [0.4, 0.5) is 5.13 Å². The lowest BCUT2D eigenvalue weighted by Crippen LogP contribution is -2.20. The smallest absolute Gasteiger partial charge is 0.246 e. The normalized spacial score (nSPS) is 11.0. The molecule has 4 aromatic rings. The monoisotopic (exact) mass is 443 g/mol. The molecule has 0 saturated carbocycles. The van der Waals surface area contributed by atoms with E-state index >= 15 is 0 Å². The average molecular weight is 444 g/mol. The summed E-state index contributed by atoms with van der Waals surface area (Å²) >= 11 is 13.7. The summed E-state index contributed by atoms with van der Waals surface area (Å²) in [4.78, 5) is 29.7. The fourth-order valence-corrected chi connectivity index (χ4v) is 4.27. The number of fused-ring (bicyclic) bond motifs is 1. The number of aromatic nitrogens is 2. The molecule has 29 heavy (non-hydrogen) atoms. The fourth-order valence-electron chi connectivity index (χ4n) is 3.03. The predicted octanol–water partition coefficient (Wildman–Crippen LogP) is 4.99. The van der Waals surface area contributed by atoms with Crippen LogP contribution in [0, 0.1) is 0 Å². The van der Waals surface area contributed by atoms with Crippen molar-refractivity contribution in [1.82, 2.24) is 9.55 Å². The van der Waals surface area contributed by atoms with Gasteiger partial charge >= 0.3 is 0 Å². The number of para-hydroxylation sites is 1. The summed E-state index contributed by atoms with van der Waals surface area (Å²) in [5, 5.41) is 4.94. The van der Waals surface area contributed by atoms with Crippen molar-refractivity contribution in [3.8, 4) is 0 Å². The Morgan fingerprint density at radius 1 is 1.10 bits per heavy atom. The maximum Gasteiger partial charge on any atom is 0.246 e. The molecule has 8 heteroatoms. The minimum Gasteiger partial charge on any atom is -0.338 e. The number of rotatable bonds is 5. The van der Waals surface area contributed by atoms with E-state index in [2.05, 4.69) is 10.3 Å². The average Bonchev–Trinajstić information content (AvgIpc) is 3.14. The number of carbonyl (C=O) groups is 1. The van der Waals surface area contributed by atoms with Gasteiger partial charge in [0.25, 0.3) is 0 Å². The number of amides is 1. The van der Waals surface area contributed by atoms with Crippen molar-refractivity contribution in [1.29, 1.82) is 0 Å². The van der Waals surface area contributed by atoms with Crippen molar-refractivity contribution in [3.63, 3.8) is 0 Å². The number of anilines is 1. The van der Waals surface area contributed by atoms with Gasteiger partial charge in [-0.05, 0) is 23.8 Å². The van der Waals surface area contributed by atoms with Gasteiger partial charge in [0.15, 0.2) is 10.6 Å². The first-order valence-corrected chi connectivity index (χ1v) is 10.3. The van der Waals surface area contributed by atoms with Crippen LogP contribution in [0.2, 0.25) is 10.0 Å². The van der Waals surface area contributed by atoms with Crippen LogP contribution < -0.4 is 10.7 Å². The van der Waals surface area contributed by atoms with Crippen molar-refractivity contribution < 1.29 is 4.79 Å². The second-order valence-electron chi connectivity index (χ2n) is 6.39. The Labute approximate surface area is 180 Å². The first kappa shape index (κ1) is 19.6. The number of nitrogens with zero attached hydrogens (tertiary/aromatic N) is 2. The number of hydrogen-bond acceptors (Lipinski definition) is 4. The highest BCUT2D eigenvalue weighted by molar-refractivity contribution is 7.15. The summed E-state index contributed by atoms with van der Waals surface area (Å²) in [6.45, 7) is 0.0792. The maximum atomic E-state index is 12.5. The van der Waals surface area contributed by atoms with Gasteiger partial charge in [-0.25, -0.2) is 4.98 Å². The Bertz CT molecular complexity index is 1270. The summed E-state index contributed by atoms with van der Waals surface area (Å²) in [6.07, 6.45) is 3.92. The molecule has 0 unspecified atom stereocenters. The number of benzene rings is 2. The summed E-state index contributed by atoms with van der Waals surface area (Å²) in [5.74, 6) is -0.222. The van der Waals surface area contributed by atoms with Gasteiger partial charge in [-0.15, -0.1) is 11.3 Å². The van der Waals surface area contributed by atoms with Gasteiger partial charge in [0.2, 0.25) is 5.91 Å². The van der Waals surface area contributed by atoms with E-state index in [0.717, 1.165) is 10.4 Å². The van der Waals surface area contributed by atoms with Crippen molar-refractivity contribution >= 4 is 56.5 Å². The largest absolute Gasteiger partial charge is 0.338 e. The Kier molecular flexibility index (Phi) is 5.67. The number of halogens is 2. The number of nitrogens with one attached hydrogen (secondary N) is 1.